The largest absolute Gasteiger partial charge is 0.481 e. The Morgan fingerprint density at radius 2 is 0.938 bits per heavy atom. The van der Waals surface area contributed by atoms with Gasteiger partial charge in [-0.15, -0.1) is 0 Å². The summed E-state index contributed by atoms with van der Waals surface area (Å²) in [7, 11) is 0. The molecule has 0 spiro atoms. The van der Waals surface area contributed by atoms with E-state index in [1.807, 2.05) is 0 Å². The molecule has 0 aliphatic carbocycles. The van der Waals surface area contributed by atoms with E-state index in [0.717, 1.165) is 13.8 Å². The van der Waals surface area contributed by atoms with Crippen molar-refractivity contribution >= 4 is 108 Å². The van der Waals surface area contributed by atoms with Gasteiger partial charge in [0.2, 0.25) is 65.0 Å². The number of aliphatic hydroxyl groups is 2. The summed E-state index contributed by atoms with van der Waals surface area (Å²) in [5.41, 5.74) is 18.0. The smallest absolute Gasteiger partial charge is 0.322 e. The summed E-state index contributed by atoms with van der Waals surface area (Å²) in [5.74, 6) is -15.7. The summed E-state index contributed by atoms with van der Waals surface area (Å²) in [5, 5.41) is 67.2. The van der Waals surface area contributed by atoms with E-state index in [-0.39, 0.29) is 56.1 Å². The zero-order valence-corrected chi connectivity index (χ0v) is 56.2. The molecule has 0 saturated heterocycles. The Morgan fingerprint density at radius 1 is 0.515 bits per heavy atom. The fraction of sp³-hybridized carbons (Fsp3) is 0.559. The number of carbonyl (C=O) groups excluding carboxylic acids is 11. The number of H-pyrrole nitrogens is 2. The molecule has 3 rings (SSSR count). The van der Waals surface area contributed by atoms with Crippen molar-refractivity contribution in [3.05, 3.63) is 72.3 Å². The van der Waals surface area contributed by atoms with Crippen LogP contribution in [0.1, 0.15) is 90.6 Å². The number of thiol groups is 2. The maximum absolute atomic E-state index is 14.6. The number of nitrogens with two attached hydrogens (primary N) is 3. The van der Waals surface area contributed by atoms with Crippen LogP contribution in [0.5, 0.6) is 0 Å². The van der Waals surface area contributed by atoms with E-state index < -0.39 is 193 Å². The first-order chi connectivity index (χ1) is 45.8. The highest BCUT2D eigenvalue weighted by atomic mass is 32.1. The summed E-state index contributed by atoms with van der Waals surface area (Å²) in [6, 6.07) is -8.55. The van der Waals surface area contributed by atoms with Crippen LogP contribution in [0.4, 0.5) is 0 Å². The van der Waals surface area contributed by atoms with Gasteiger partial charge in [-0.2, -0.15) is 25.3 Å². The van der Waals surface area contributed by atoms with E-state index in [1.54, 1.807) is 58.0 Å². The molecule has 97 heavy (non-hydrogen) atoms. The zero-order valence-electron chi connectivity index (χ0n) is 54.4. The minimum atomic E-state index is -1.90. The molecule has 0 aliphatic rings. The summed E-state index contributed by atoms with van der Waals surface area (Å²) in [6.07, 6.45) is 0.0633. The van der Waals surface area contributed by atoms with Crippen molar-refractivity contribution in [3.63, 3.8) is 0 Å². The van der Waals surface area contributed by atoms with Gasteiger partial charge in [0.05, 0.1) is 30.9 Å². The number of carbonyl (C=O) groups is 13. The lowest BCUT2D eigenvalue weighted by atomic mass is 9.97. The van der Waals surface area contributed by atoms with Gasteiger partial charge in [0.25, 0.3) is 0 Å². The molecule has 0 aliphatic heterocycles. The van der Waals surface area contributed by atoms with Gasteiger partial charge in [-0.05, 0) is 50.5 Å². The van der Waals surface area contributed by atoms with Crippen LogP contribution in [0.3, 0.4) is 0 Å². The average Bonchev–Trinajstić information content (AvgIpc) is 1.53. The number of aliphatic imine (C=N–C) groups is 1. The molecule has 3 aromatic rings. The maximum atomic E-state index is 14.6. The van der Waals surface area contributed by atoms with Gasteiger partial charge in [-0.3, -0.25) is 67.3 Å². The Bertz CT molecular complexity index is 3140. The molecule has 23 N–H and O–H groups in total. The van der Waals surface area contributed by atoms with Crippen LogP contribution in [-0.4, -0.2) is 227 Å². The second kappa shape index (κ2) is 41.5. The third-order valence-corrected chi connectivity index (χ3v) is 15.7. The van der Waals surface area contributed by atoms with Crippen molar-refractivity contribution in [2.24, 2.45) is 34.0 Å². The second-order valence-electron chi connectivity index (χ2n) is 23.1. The highest BCUT2D eigenvalue weighted by molar-refractivity contribution is 7.80. The normalized spacial score (nSPS) is 15.5. The summed E-state index contributed by atoms with van der Waals surface area (Å²) < 4.78 is 0. The van der Waals surface area contributed by atoms with E-state index >= 15 is 0 Å². The van der Waals surface area contributed by atoms with E-state index in [0.29, 0.717) is 17.7 Å². The highest BCUT2D eigenvalue weighted by Crippen LogP contribution is 2.14. The van der Waals surface area contributed by atoms with Crippen molar-refractivity contribution in [3.8, 4) is 0 Å². The molecule has 0 unspecified atom stereocenters. The monoisotopic (exact) mass is 1400 g/mol. The van der Waals surface area contributed by atoms with Gasteiger partial charge in [0, 0.05) is 67.5 Å². The fourth-order valence-corrected chi connectivity index (χ4v) is 9.66. The van der Waals surface area contributed by atoms with Crippen LogP contribution in [-0.2, 0) is 81.6 Å². The number of benzene rings is 1. The number of aliphatic carboxylic acids is 2. The number of nitrogens with zero attached hydrogens (tertiary/aromatic N) is 3. The summed E-state index contributed by atoms with van der Waals surface area (Å²) in [6.45, 7) is 7.86. The summed E-state index contributed by atoms with van der Waals surface area (Å²) in [4.78, 5) is 194. The van der Waals surface area contributed by atoms with Crippen LogP contribution in [0, 0.1) is 11.8 Å². The Kier molecular flexibility index (Phi) is 35.0. The number of guanidine groups is 1. The predicted octanol–water partition coefficient (Wildman–Crippen LogP) is -6.22. The maximum Gasteiger partial charge on any atom is 0.322 e. The quantitative estimate of drug-likeness (QED) is 0.0108. The third kappa shape index (κ3) is 28.5. The first-order valence-electron chi connectivity index (χ1n) is 30.9. The molecular weight excluding hydrogens is 1310 g/mol. The second-order valence-corrected chi connectivity index (χ2v) is 23.9. The Hall–Kier alpha value is -9.40. The molecule has 36 nitrogen and oxygen atoms in total. The van der Waals surface area contributed by atoms with Crippen molar-refractivity contribution in [1.82, 2.24) is 78.4 Å². The van der Waals surface area contributed by atoms with Crippen molar-refractivity contribution in [1.29, 1.82) is 0 Å². The lowest BCUT2D eigenvalue weighted by Crippen LogP contribution is -2.63. The number of carboxylic acid groups (broad SMARTS) is 2. The lowest BCUT2D eigenvalue weighted by molar-refractivity contribution is -0.139. The molecule has 0 bridgehead atoms. The minimum absolute atomic E-state index is 0.00205. The van der Waals surface area contributed by atoms with E-state index in [2.05, 4.69) is 109 Å². The molecule has 1 aromatic carbocycles. The number of aliphatic hydroxyl groups excluding tert-OH is 2. The Labute approximate surface area is 569 Å². The number of nitrogens with one attached hydrogen (secondary N) is 13. The van der Waals surface area contributed by atoms with E-state index in [9.17, 15) is 77.6 Å². The zero-order chi connectivity index (χ0) is 72.6. The number of carboxylic acids is 2. The Balaban J connectivity index is 1.95. The lowest BCUT2D eigenvalue weighted by Gasteiger charge is -2.30. The third-order valence-electron chi connectivity index (χ3n) is 14.9. The number of hydrogen-bond acceptors (Lipinski definition) is 21. The van der Waals surface area contributed by atoms with Gasteiger partial charge in [-0.1, -0.05) is 64.4 Å². The Morgan fingerprint density at radius 3 is 1.41 bits per heavy atom. The number of rotatable bonds is 43. The van der Waals surface area contributed by atoms with Gasteiger partial charge >= 0.3 is 11.9 Å². The minimum Gasteiger partial charge on any atom is -0.481 e. The average molecular weight is 1400 g/mol. The topological polar surface area (TPSA) is 583 Å². The predicted molar refractivity (Wildman–Crippen MR) is 355 cm³/mol. The number of amides is 11. The van der Waals surface area contributed by atoms with Crippen molar-refractivity contribution in [2.45, 2.75) is 172 Å². The first-order valence-corrected chi connectivity index (χ1v) is 32.2. The number of hydrogen-bond donors (Lipinski definition) is 22. The van der Waals surface area contributed by atoms with Crippen LogP contribution in [0.2, 0.25) is 0 Å². The van der Waals surface area contributed by atoms with Gasteiger partial charge in [0.1, 0.15) is 67.0 Å². The molecule has 0 fully saturated rings. The highest BCUT2D eigenvalue weighted by Gasteiger charge is 2.39. The molecule has 2 aromatic heterocycles. The summed E-state index contributed by atoms with van der Waals surface area (Å²) >= 11 is 8.32. The molecular formula is C59H91N19O17S2. The first kappa shape index (κ1) is 81.8. The van der Waals surface area contributed by atoms with Gasteiger partial charge in [0.15, 0.2) is 5.96 Å². The van der Waals surface area contributed by atoms with Crippen LogP contribution in [0.25, 0.3) is 0 Å². The van der Waals surface area contributed by atoms with Gasteiger partial charge < -0.3 is 106 Å². The standard InChI is InChI=1S/C59H91N19O17S2/c1-7-29(4)45(76-48(85)35(60)24-96)57(94)70-37(15-16-42(81)82)49(86)69-36(14-11-17-65-59(61)62)50(87)78-47(31(6)80)58(95)73-40(20-34-22-64-27-68-34)52(89)75-44(28(2)3)56(93)72-38(18-32-12-9-8-10-13-32)51(88)74-41(25-97)54(91)71-39(19-33-21-63-26-67-33)53(90)77-46(30(5)79)55(92)66-23-43(83)84/h8-10,12-13,21-22,26-31,35-41,44-47,79-80,96-97H,7,11,14-20,23-25,60H2,1-6H3,(H,63,67)(H,64,68)(H,66,92)(H,69,86)(H,70,94)(H,71,91)(H,72,93)(H,73,95)(H,74,88)(H,75,89)(H,76,85)(H,77,90)(H,78,87)(H,81,82)(H,83,84)(H4,61,62,65)/t29-,30+,31+,35-,36-,37-,38-,39-,40-,41-,44-,45-,46-,47-/m0/s1. The van der Waals surface area contributed by atoms with Crippen LogP contribution >= 0.6 is 25.3 Å². The molecule has 14 atom stereocenters. The van der Waals surface area contributed by atoms with Gasteiger partial charge in [-0.25, -0.2) is 9.97 Å². The number of imidazole rings is 2. The molecule has 536 valence electrons. The van der Waals surface area contributed by atoms with E-state index in [1.165, 1.54) is 25.0 Å². The molecule has 2 heterocycles. The van der Waals surface area contributed by atoms with Crippen LogP contribution in [0.15, 0.2) is 60.4 Å². The molecule has 0 saturated carbocycles. The van der Waals surface area contributed by atoms with E-state index in [4.69, 9.17) is 22.3 Å². The molecule has 11 amide bonds. The fourth-order valence-electron chi connectivity index (χ4n) is 9.24. The van der Waals surface area contributed by atoms with Crippen molar-refractivity contribution in [2.75, 3.05) is 24.6 Å². The van der Waals surface area contributed by atoms with Crippen molar-refractivity contribution < 1.29 is 82.8 Å². The molecule has 38 heteroatoms. The number of aromatic nitrogens is 4. The SMILES string of the molecule is CC[C@H](C)[C@H](NC(=O)[C@@H](N)CS)C(=O)N[C@@H](CCC(=O)O)C(=O)N[C@@H](CCCN=C(N)N)C(=O)N[C@H](C(=O)N[C@@H](Cc1cnc[nH]1)C(=O)N[C@H](C(=O)N[C@@H](Cc1ccccc1)C(=O)N[C@@H](CS)C(=O)N[C@@H](Cc1cnc[nH]1)C(=O)N[C@H](C(=O)NCC(=O)O)[C@@H](C)O)C(C)C)[C@@H](C)O. The number of aromatic amines is 2. The molecule has 0 radical (unpaired) electrons. The van der Waals surface area contributed by atoms with Crippen LogP contribution < -0.4 is 75.7 Å².